The zero-order valence-corrected chi connectivity index (χ0v) is 14.7. The molecule has 2 aromatic heterocycles. The summed E-state index contributed by atoms with van der Waals surface area (Å²) in [5, 5.41) is 11.7. The second-order valence-electron chi connectivity index (χ2n) is 5.84. The summed E-state index contributed by atoms with van der Waals surface area (Å²) in [4.78, 5) is 5.25. The Morgan fingerprint density at radius 3 is 2.33 bits per heavy atom. The summed E-state index contributed by atoms with van der Waals surface area (Å²) in [6, 6.07) is 13.7. The van der Waals surface area contributed by atoms with Crippen LogP contribution in [-0.4, -0.2) is 29.3 Å². The molecule has 0 unspecified atom stereocenters. The second-order valence-corrected chi connectivity index (χ2v) is 6.65. The lowest BCUT2D eigenvalue weighted by Gasteiger charge is -2.12. The van der Waals surface area contributed by atoms with Crippen molar-refractivity contribution >= 4 is 50.8 Å². The Balaban J connectivity index is 1.91. The fraction of sp³-hybridized carbons (Fsp3) is 0.111. The van der Waals surface area contributed by atoms with E-state index in [9.17, 15) is 0 Å². The number of hydrogen-bond acceptors (Lipinski definition) is 3. The molecule has 2 aromatic carbocycles. The average Bonchev–Trinajstić information content (AvgIpc) is 2.98. The molecule has 0 bridgehead atoms. The summed E-state index contributed by atoms with van der Waals surface area (Å²) < 4.78 is 0. The molecule has 120 valence electrons. The Morgan fingerprint density at radius 1 is 0.917 bits per heavy atom. The van der Waals surface area contributed by atoms with Gasteiger partial charge in [0.2, 0.25) is 0 Å². The maximum atomic E-state index is 6.37. The maximum Gasteiger partial charge on any atom is 0.161 e. The van der Waals surface area contributed by atoms with E-state index < -0.39 is 0 Å². The number of H-pyrrole nitrogens is 1. The van der Waals surface area contributed by atoms with Gasteiger partial charge in [-0.3, -0.25) is 0 Å². The van der Waals surface area contributed by atoms with Crippen molar-refractivity contribution in [1.82, 2.24) is 15.2 Å². The van der Waals surface area contributed by atoms with E-state index in [0.717, 1.165) is 33.2 Å². The Labute approximate surface area is 149 Å². The van der Waals surface area contributed by atoms with Gasteiger partial charge in [0.15, 0.2) is 5.65 Å². The standard InChI is InChI=1S/C18H14Cl2N4/c1-24(2)11-5-3-10(4-6-11)15-9-12-16-13(19)7-8-14(20)17(16)21-18(12)23-22-15/h3-9H,1-2H3,(H,21,23). The molecule has 0 radical (unpaired) electrons. The van der Waals surface area contributed by atoms with Crippen molar-refractivity contribution in [3.63, 3.8) is 0 Å². The fourth-order valence-corrected chi connectivity index (χ4v) is 3.27. The molecule has 0 saturated carbocycles. The van der Waals surface area contributed by atoms with Crippen molar-refractivity contribution in [3.8, 4) is 11.3 Å². The second kappa shape index (κ2) is 5.65. The van der Waals surface area contributed by atoms with Gasteiger partial charge in [-0.25, -0.2) is 0 Å². The van der Waals surface area contributed by atoms with E-state index in [4.69, 9.17) is 23.2 Å². The average molecular weight is 357 g/mol. The summed E-state index contributed by atoms with van der Waals surface area (Å²) in [7, 11) is 4.02. The van der Waals surface area contributed by atoms with Crippen LogP contribution < -0.4 is 4.90 Å². The van der Waals surface area contributed by atoms with Crippen molar-refractivity contribution in [2.75, 3.05) is 19.0 Å². The van der Waals surface area contributed by atoms with Gasteiger partial charge in [-0.15, -0.1) is 10.2 Å². The Bertz CT molecular complexity index is 1050. The summed E-state index contributed by atoms with van der Waals surface area (Å²) in [5.74, 6) is 0. The number of anilines is 1. The zero-order chi connectivity index (χ0) is 16.8. The lowest BCUT2D eigenvalue weighted by molar-refractivity contribution is 1.07. The maximum absolute atomic E-state index is 6.37. The van der Waals surface area contributed by atoms with Crippen molar-refractivity contribution in [3.05, 3.63) is 52.5 Å². The van der Waals surface area contributed by atoms with Gasteiger partial charge in [0.05, 0.1) is 21.3 Å². The highest BCUT2D eigenvalue weighted by Crippen LogP contribution is 2.35. The molecule has 0 saturated heterocycles. The number of nitrogens with one attached hydrogen (secondary N) is 1. The van der Waals surface area contributed by atoms with Crippen LogP contribution in [0.1, 0.15) is 0 Å². The van der Waals surface area contributed by atoms with E-state index in [2.05, 4.69) is 32.2 Å². The molecule has 0 atom stereocenters. The Hall–Kier alpha value is -2.30. The van der Waals surface area contributed by atoms with Crippen LogP contribution in [0.3, 0.4) is 0 Å². The van der Waals surface area contributed by atoms with Crippen LogP contribution in [0.25, 0.3) is 33.2 Å². The first-order valence-corrected chi connectivity index (χ1v) is 8.21. The first-order chi connectivity index (χ1) is 11.5. The molecule has 4 aromatic rings. The number of fused-ring (bicyclic) bond motifs is 3. The first kappa shape index (κ1) is 15.2. The van der Waals surface area contributed by atoms with Crippen molar-refractivity contribution in [2.24, 2.45) is 0 Å². The molecular formula is C18H14Cl2N4. The fourth-order valence-electron chi connectivity index (χ4n) is 2.80. The largest absolute Gasteiger partial charge is 0.378 e. The number of halogens is 2. The van der Waals surface area contributed by atoms with Crippen molar-refractivity contribution in [2.45, 2.75) is 0 Å². The van der Waals surface area contributed by atoms with Gasteiger partial charge in [-0.2, -0.15) is 0 Å². The monoisotopic (exact) mass is 356 g/mol. The van der Waals surface area contributed by atoms with E-state index in [1.165, 1.54) is 0 Å². The normalized spacial score (nSPS) is 11.3. The van der Waals surface area contributed by atoms with Gasteiger partial charge >= 0.3 is 0 Å². The van der Waals surface area contributed by atoms with Crippen LogP contribution in [0, 0.1) is 0 Å². The third kappa shape index (κ3) is 2.39. The van der Waals surface area contributed by atoms with Gasteiger partial charge < -0.3 is 9.88 Å². The van der Waals surface area contributed by atoms with Gasteiger partial charge in [0, 0.05) is 36.1 Å². The summed E-state index contributed by atoms with van der Waals surface area (Å²) >= 11 is 12.6. The van der Waals surface area contributed by atoms with Gasteiger partial charge in [0.1, 0.15) is 0 Å². The van der Waals surface area contributed by atoms with Crippen LogP contribution in [0.5, 0.6) is 0 Å². The van der Waals surface area contributed by atoms with Crippen molar-refractivity contribution < 1.29 is 0 Å². The molecule has 0 spiro atoms. The quantitative estimate of drug-likeness (QED) is 0.540. The first-order valence-electron chi connectivity index (χ1n) is 7.45. The van der Waals surface area contributed by atoms with Crippen LogP contribution in [0.2, 0.25) is 10.0 Å². The van der Waals surface area contributed by atoms with E-state index >= 15 is 0 Å². The summed E-state index contributed by atoms with van der Waals surface area (Å²) in [6.07, 6.45) is 0. The van der Waals surface area contributed by atoms with Gasteiger partial charge in [0.25, 0.3) is 0 Å². The zero-order valence-electron chi connectivity index (χ0n) is 13.1. The smallest absolute Gasteiger partial charge is 0.161 e. The highest BCUT2D eigenvalue weighted by molar-refractivity contribution is 6.42. The molecule has 1 N–H and O–H groups in total. The van der Waals surface area contributed by atoms with E-state index in [-0.39, 0.29) is 0 Å². The van der Waals surface area contributed by atoms with Crippen molar-refractivity contribution in [1.29, 1.82) is 0 Å². The lowest BCUT2D eigenvalue weighted by atomic mass is 10.1. The molecule has 0 aliphatic heterocycles. The minimum atomic E-state index is 0.615. The molecule has 0 aliphatic carbocycles. The molecule has 0 amide bonds. The Morgan fingerprint density at radius 2 is 1.62 bits per heavy atom. The molecule has 6 heteroatoms. The molecule has 2 heterocycles. The molecular weight excluding hydrogens is 343 g/mol. The third-order valence-corrected chi connectivity index (χ3v) is 4.72. The predicted octanol–water partition coefficient (Wildman–Crippen LogP) is 5.15. The van der Waals surface area contributed by atoms with E-state index in [0.29, 0.717) is 15.7 Å². The lowest BCUT2D eigenvalue weighted by Crippen LogP contribution is -2.07. The van der Waals surface area contributed by atoms with Crippen LogP contribution in [0.15, 0.2) is 42.5 Å². The van der Waals surface area contributed by atoms with E-state index in [1.54, 1.807) is 12.1 Å². The molecule has 24 heavy (non-hydrogen) atoms. The minimum Gasteiger partial charge on any atom is -0.378 e. The van der Waals surface area contributed by atoms with Crippen LogP contribution in [-0.2, 0) is 0 Å². The SMILES string of the molecule is CN(C)c1ccc(-c2cc3c(nn2)[nH]c2c(Cl)ccc(Cl)c23)cc1. The molecule has 0 aliphatic rings. The molecule has 4 rings (SSSR count). The number of rotatable bonds is 2. The summed E-state index contributed by atoms with van der Waals surface area (Å²) in [6.45, 7) is 0. The van der Waals surface area contributed by atoms with Gasteiger partial charge in [-0.1, -0.05) is 35.3 Å². The third-order valence-electron chi connectivity index (χ3n) is 4.09. The predicted molar refractivity (Wildman–Crippen MR) is 101 cm³/mol. The minimum absolute atomic E-state index is 0.615. The van der Waals surface area contributed by atoms with E-state index in [1.807, 2.05) is 32.3 Å². The number of nitrogens with zero attached hydrogens (tertiary/aromatic N) is 3. The Kier molecular flexibility index (Phi) is 3.59. The molecule has 4 nitrogen and oxygen atoms in total. The summed E-state index contributed by atoms with van der Waals surface area (Å²) in [5.41, 5.74) is 4.39. The highest BCUT2D eigenvalue weighted by Gasteiger charge is 2.13. The van der Waals surface area contributed by atoms with Crippen LogP contribution in [0.4, 0.5) is 5.69 Å². The number of aromatic nitrogens is 3. The number of aromatic amines is 1. The molecule has 0 fully saturated rings. The number of hydrogen-bond donors (Lipinski definition) is 1. The highest BCUT2D eigenvalue weighted by atomic mass is 35.5. The number of benzene rings is 2. The topological polar surface area (TPSA) is 44.8 Å². The van der Waals surface area contributed by atoms with Gasteiger partial charge in [-0.05, 0) is 30.3 Å². The van der Waals surface area contributed by atoms with Crippen LogP contribution >= 0.6 is 23.2 Å².